The fourth-order valence-electron chi connectivity index (χ4n) is 2.97. The molecule has 8 heteroatoms. The number of rotatable bonds is 5. The summed E-state index contributed by atoms with van der Waals surface area (Å²) in [4.78, 5) is 26.6. The molecular weight excluding hydrogens is 347 g/mol. The molecule has 0 bridgehead atoms. The summed E-state index contributed by atoms with van der Waals surface area (Å²) in [5, 5.41) is 4.05. The van der Waals surface area contributed by atoms with Crippen molar-refractivity contribution in [3.05, 3.63) is 58.9 Å². The maximum atomic E-state index is 13.4. The predicted molar refractivity (Wildman–Crippen MR) is 104 cm³/mol. The Kier molecular flexibility index (Phi) is 4.33. The molecule has 2 N–H and O–H groups in total. The normalized spacial score (nSPS) is 11.4. The van der Waals surface area contributed by atoms with Crippen molar-refractivity contribution in [3.8, 4) is 11.3 Å². The SMILES string of the molecule is CNCCN(C)c1cc2cc(-c3cc(=O)n4cc(F)ccc4n3)cnc2[nH]1. The number of H-pyrrole nitrogens is 1. The molecule has 4 heterocycles. The Balaban J connectivity index is 1.74. The number of likely N-dealkylation sites (N-methyl/N-ethyl adjacent to an activating group) is 2. The van der Waals surface area contributed by atoms with Crippen LogP contribution in [0.2, 0.25) is 0 Å². The summed E-state index contributed by atoms with van der Waals surface area (Å²) >= 11 is 0. The Morgan fingerprint density at radius 2 is 2.15 bits per heavy atom. The zero-order chi connectivity index (χ0) is 19.0. The van der Waals surface area contributed by atoms with Gasteiger partial charge in [-0.3, -0.25) is 9.20 Å². The minimum Gasteiger partial charge on any atom is -0.360 e. The molecule has 0 aliphatic carbocycles. The number of aromatic amines is 1. The first-order valence-corrected chi connectivity index (χ1v) is 8.59. The van der Waals surface area contributed by atoms with E-state index < -0.39 is 5.82 Å². The molecule has 0 aromatic carbocycles. The van der Waals surface area contributed by atoms with E-state index in [4.69, 9.17) is 0 Å². The second-order valence-electron chi connectivity index (χ2n) is 6.40. The minimum atomic E-state index is -0.482. The summed E-state index contributed by atoms with van der Waals surface area (Å²) in [6, 6.07) is 8.12. The van der Waals surface area contributed by atoms with Crippen molar-refractivity contribution in [2.24, 2.45) is 0 Å². The largest absolute Gasteiger partial charge is 0.360 e. The van der Waals surface area contributed by atoms with E-state index in [9.17, 15) is 9.18 Å². The molecule has 0 aliphatic heterocycles. The Morgan fingerprint density at radius 3 is 2.96 bits per heavy atom. The maximum Gasteiger partial charge on any atom is 0.258 e. The lowest BCUT2D eigenvalue weighted by Gasteiger charge is -2.16. The van der Waals surface area contributed by atoms with E-state index in [1.54, 1.807) is 6.20 Å². The average Bonchev–Trinajstić information content (AvgIpc) is 3.10. The van der Waals surface area contributed by atoms with Gasteiger partial charge >= 0.3 is 0 Å². The molecular formula is C19H19FN6O. The molecule has 27 heavy (non-hydrogen) atoms. The van der Waals surface area contributed by atoms with E-state index in [0.717, 1.165) is 41.7 Å². The molecule has 0 saturated heterocycles. The molecule has 0 fully saturated rings. The van der Waals surface area contributed by atoms with Gasteiger partial charge in [0.1, 0.15) is 22.9 Å². The van der Waals surface area contributed by atoms with Crippen LogP contribution >= 0.6 is 0 Å². The van der Waals surface area contributed by atoms with Crippen molar-refractivity contribution in [1.29, 1.82) is 0 Å². The van der Waals surface area contributed by atoms with Crippen LogP contribution in [0.15, 0.2) is 47.5 Å². The van der Waals surface area contributed by atoms with Crippen LogP contribution < -0.4 is 15.8 Å². The number of halogens is 1. The van der Waals surface area contributed by atoms with Crippen molar-refractivity contribution in [1.82, 2.24) is 24.7 Å². The van der Waals surface area contributed by atoms with Gasteiger partial charge in [0.2, 0.25) is 0 Å². The number of pyridine rings is 2. The monoisotopic (exact) mass is 366 g/mol. The Labute approximate surface area is 154 Å². The second kappa shape index (κ2) is 6.81. The first-order chi connectivity index (χ1) is 13.0. The summed E-state index contributed by atoms with van der Waals surface area (Å²) in [5.41, 5.74) is 2.06. The third kappa shape index (κ3) is 3.26. The highest BCUT2D eigenvalue weighted by Gasteiger charge is 2.10. The molecule has 0 spiro atoms. The van der Waals surface area contributed by atoms with Crippen LogP contribution in [0.25, 0.3) is 27.9 Å². The first kappa shape index (κ1) is 17.2. The molecule has 0 radical (unpaired) electrons. The smallest absolute Gasteiger partial charge is 0.258 e. The summed E-state index contributed by atoms with van der Waals surface area (Å²) in [6.45, 7) is 1.73. The topological polar surface area (TPSA) is 78.3 Å². The van der Waals surface area contributed by atoms with Crippen LogP contribution in [0.3, 0.4) is 0 Å². The van der Waals surface area contributed by atoms with E-state index in [1.807, 2.05) is 26.2 Å². The van der Waals surface area contributed by atoms with E-state index in [1.165, 1.54) is 22.6 Å². The number of nitrogens with one attached hydrogen (secondary N) is 2. The number of hydrogen-bond acceptors (Lipinski definition) is 5. The van der Waals surface area contributed by atoms with Crippen LogP contribution in [-0.4, -0.2) is 46.5 Å². The highest BCUT2D eigenvalue weighted by molar-refractivity contribution is 5.84. The van der Waals surface area contributed by atoms with Gasteiger partial charge in [0.25, 0.3) is 5.56 Å². The van der Waals surface area contributed by atoms with Gasteiger partial charge in [0.15, 0.2) is 0 Å². The van der Waals surface area contributed by atoms with Gasteiger partial charge in [-0.05, 0) is 31.3 Å². The standard InChI is InChI=1S/C19H19FN6O/c1-21-5-6-25(2)17-8-12-7-13(10-22-19(12)24-17)15-9-18(27)26-11-14(20)3-4-16(26)23-15/h3-4,7-11,21H,5-6H2,1-2H3,(H,22,24). The zero-order valence-corrected chi connectivity index (χ0v) is 15.0. The number of aromatic nitrogens is 4. The van der Waals surface area contributed by atoms with Crippen molar-refractivity contribution >= 4 is 22.5 Å². The molecule has 0 atom stereocenters. The molecule has 138 valence electrons. The maximum absolute atomic E-state index is 13.4. The minimum absolute atomic E-state index is 0.337. The number of hydrogen-bond donors (Lipinski definition) is 2. The van der Waals surface area contributed by atoms with Gasteiger partial charge in [0, 0.05) is 49.5 Å². The fourth-order valence-corrected chi connectivity index (χ4v) is 2.97. The zero-order valence-electron chi connectivity index (χ0n) is 15.0. The Morgan fingerprint density at radius 1 is 1.30 bits per heavy atom. The third-order valence-electron chi connectivity index (χ3n) is 4.48. The molecule has 4 aromatic heterocycles. The van der Waals surface area contributed by atoms with Gasteiger partial charge < -0.3 is 15.2 Å². The Hall–Kier alpha value is -3.26. The molecule has 4 aromatic rings. The number of anilines is 1. The third-order valence-corrected chi connectivity index (χ3v) is 4.48. The molecule has 0 amide bonds. The van der Waals surface area contributed by atoms with E-state index in [-0.39, 0.29) is 5.56 Å². The number of fused-ring (bicyclic) bond motifs is 2. The first-order valence-electron chi connectivity index (χ1n) is 8.59. The summed E-state index contributed by atoms with van der Waals surface area (Å²) < 4.78 is 14.5. The molecule has 7 nitrogen and oxygen atoms in total. The van der Waals surface area contributed by atoms with Crippen LogP contribution in [-0.2, 0) is 0 Å². The lowest BCUT2D eigenvalue weighted by atomic mass is 10.1. The average molecular weight is 366 g/mol. The van der Waals surface area contributed by atoms with E-state index in [0.29, 0.717) is 11.3 Å². The Bertz CT molecular complexity index is 1180. The molecule has 0 aliphatic rings. The predicted octanol–water partition coefficient (Wildman–Crippen LogP) is 2.03. The lowest BCUT2D eigenvalue weighted by molar-refractivity contribution is 0.617. The van der Waals surface area contributed by atoms with Crippen LogP contribution in [0.1, 0.15) is 0 Å². The quantitative estimate of drug-likeness (QED) is 0.565. The summed E-state index contributed by atoms with van der Waals surface area (Å²) in [7, 11) is 3.92. The second-order valence-corrected chi connectivity index (χ2v) is 6.40. The lowest BCUT2D eigenvalue weighted by Crippen LogP contribution is -2.27. The van der Waals surface area contributed by atoms with Gasteiger partial charge in [-0.2, -0.15) is 0 Å². The van der Waals surface area contributed by atoms with E-state index >= 15 is 0 Å². The molecule has 4 rings (SSSR count). The van der Waals surface area contributed by atoms with Gasteiger partial charge in [-0.25, -0.2) is 14.4 Å². The van der Waals surface area contributed by atoms with Crippen LogP contribution in [0.4, 0.5) is 10.2 Å². The summed E-state index contributed by atoms with van der Waals surface area (Å²) in [6.07, 6.45) is 2.81. The van der Waals surface area contributed by atoms with Gasteiger partial charge in [-0.15, -0.1) is 0 Å². The van der Waals surface area contributed by atoms with Crippen molar-refractivity contribution < 1.29 is 4.39 Å². The van der Waals surface area contributed by atoms with Crippen LogP contribution in [0, 0.1) is 5.82 Å². The van der Waals surface area contributed by atoms with Crippen molar-refractivity contribution in [2.45, 2.75) is 0 Å². The molecule has 0 saturated carbocycles. The highest BCUT2D eigenvalue weighted by atomic mass is 19.1. The fraction of sp³-hybridized carbons (Fsp3) is 0.211. The summed E-state index contributed by atoms with van der Waals surface area (Å²) in [5.74, 6) is 0.483. The van der Waals surface area contributed by atoms with Crippen molar-refractivity contribution in [2.75, 3.05) is 32.1 Å². The number of nitrogens with zero attached hydrogens (tertiary/aromatic N) is 4. The van der Waals surface area contributed by atoms with Gasteiger partial charge in [-0.1, -0.05) is 0 Å². The highest BCUT2D eigenvalue weighted by Crippen LogP contribution is 2.24. The van der Waals surface area contributed by atoms with E-state index in [2.05, 4.69) is 25.2 Å². The van der Waals surface area contributed by atoms with Gasteiger partial charge in [0.05, 0.1) is 5.69 Å². The van der Waals surface area contributed by atoms with Crippen LogP contribution in [0.5, 0.6) is 0 Å². The molecule has 0 unspecified atom stereocenters. The van der Waals surface area contributed by atoms with Crippen molar-refractivity contribution in [3.63, 3.8) is 0 Å².